The molecule has 0 aliphatic carbocycles. The number of amides is 2. The fraction of sp³-hybridized carbons (Fsp3) is 0.500. The first-order valence-corrected chi connectivity index (χ1v) is 7.34. The van der Waals surface area contributed by atoms with Crippen LogP contribution in [0.15, 0.2) is 22.7 Å². The van der Waals surface area contributed by atoms with Crippen LogP contribution < -0.4 is 4.90 Å². The van der Waals surface area contributed by atoms with E-state index in [9.17, 15) is 4.79 Å². The molecule has 5 heteroatoms. The van der Waals surface area contributed by atoms with Gasteiger partial charge >= 0.3 is 6.03 Å². The summed E-state index contributed by atoms with van der Waals surface area (Å²) in [6, 6.07) is 6.19. The highest BCUT2D eigenvalue weighted by atomic mass is 79.9. The van der Waals surface area contributed by atoms with Crippen molar-refractivity contribution in [1.29, 1.82) is 0 Å². The average Bonchev–Trinajstić information content (AvgIpc) is 2.40. The number of carbonyl (C=O) groups excluding carboxylic acids is 1. The molecule has 1 atom stereocenters. The van der Waals surface area contributed by atoms with Crippen LogP contribution >= 0.6 is 15.9 Å². The maximum absolute atomic E-state index is 12.6. The molecule has 19 heavy (non-hydrogen) atoms. The second-order valence-corrected chi connectivity index (χ2v) is 6.09. The predicted molar refractivity (Wildman–Crippen MR) is 77.2 cm³/mol. The monoisotopic (exact) mass is 324 g/mol. The van der Waals surface area contributed by atoms with Crippen LogP contribution in [-0.2, 0) is 10.3 Å². The summed E-state index contributed by atoms with van der Waals surface area (Å²) in [5.41, 5.74) is 1.96. The lowest BCUT2D eigenvalue weighted by molar-refractivity contribution is -0.0652. The number of hydrogen-bond acceptors (Lipinski definition) is 2. The van der Waals surface area contributed by atoms with Gasteiger partial charge in [0.15, 0.2) is 0 Å². The number of carbonyl (C=O) groups is 1. The Balaban J connectivity index is 2.21. The zero-order chi connectivity index (χ0) is 13.6. The highest BCUT2D eigenvalue weighted by Gasteiger charge is 2.47. The number of ether oxygens (including phenoxy) is 1. The molecular formula is C14H17BrN2O2. The third-order valence-electron chi connectivity index (χ3n) is 4.16. The number of benzene rings is 1. The van der Waals surface area contributed by atoms with Crippen LogP contribution in [0.1, 0.15) is 25.8 Å². The van der Waals surface area contributed by atoms with Gasteiger partial charge in [-0.05, 0) is 38.5 Å². The summed E-state index contributed by atoms with van der Waals surface area (Å²) in [6.07, 6.45) is 0.833. The molecule has 1 aromatic carbocycles. The Morgan fingerprint density at radius 2 is 2.26 bits per heavy atom. The number of rotatable bonds is 1. The van der Waals surface area contributed by atoms with Gasteiger partial charge in [0.1, 0.15) is 6.73 Å². The first-order chi connectivity index (χ1) is 9.08. The normalized spacial score (nSPS) is 26.2. The van der Waals surface area contributed by atoms with Crippen molar-refractivity contribution < 1.29 is 9.53 Å². The number of halogens is 1. The highest BCUT2D eigenvalue weighted by molar-refractivity contribution is 9.10. The van der Waals surface area contributed by atoms with E-state index < -0.39 is 0 Å². The minimum Gasteiger partial charge on any atom is -0.361 e. The van der Waals surface area contributed by atoms with Crippen LogP contribution in [0.4, 0.5) is 10.5 Å². The molecule has 3 rings (SSSR count). The maximum Gasteiger partial charge on any atom is 0.327 e. The summed E-state index contributed by atoms with van der Waals surface area (Å²) in [6.45, 7) is 5.86. The van der Waals surface area contributed by atoms with Crippen molar-refractivity contribution in [2.75, 3.05) is 24.8 Å². The van der Waals surface area contributed by atoms with Gasteiger partial charge in [-0.2, -0.15) is 0 Å². The minimum atomic E-state index is -0.264. The van der Waals surface area contributed by atoms with E-state index in [1.165, 1.54) is 5.56 Å². The van der Waals surface area contributed by atoms with Gasteiger partial charge < -0.3 is 4.74 Å². The molecule has 1 fully saturated rings. The fourth-order valence-corrected chi connectivity index (χ4v) is 3.34. The topological polar surface area (TPSA) is 32.8 Å². The summed E-state index contributed by atoms with van der Waals surface area (Å²) in [7, 11) is 0. The summed E-state index contributed by atoms with van der Waals surface area (Å²) in [5, 5.41) is 0. The summed E-state index contributed by atoms with van der Waals surface area (Å²) < 4.78 is 6.53. The number of anilines is 1. The molecule has 0 radical (unpaired) electrons. The SMILES string of the molecule is CCN1C(=O)N2COCCC2(C)c2cc(Br)ccc21. The number of urea groups is 1. The van der Waals surface area contributed by atoms with Crippen molar-refractivity contribution in [2.45, 2.75) is 25.8 Å². The first kappa shape index (κ1) is 12.9. The van der Waals surface area contributed by atoms with Crippen molar-refractivity contribution in [3.63, 3.8) is 0 Å². The summed E-state index contributed by atoms with van der Waals surface area (Å²) in [4.78, 5) is 16.3. The Bertz CT molecular complexity index is 534. The van der Waals surface area contributed by atoms with Gasteiger partial charge in [0, 0.05) is 16.6 Å². The van der Waals surface area contributed by atoms with Gasteiger partial charge in [-0.3, -0.25) is 9.80 Å². The standard InChI is InChI=1S/C14H17BrN2O2/c1-3-16-12-5-4-10(15)8-11(12)14(2)6-7-19-9-17(14)13(16)18/h4-5,8H,3,6-7,9H2,1-2H3. The molecule has 0 spiro atoms. The quantitative estimate of drug-likeness (QED) is 0.794. The van der Waals surface area contributed by atoms with Crippen LogP contribution in [0.3, 0.4) is 0 Å². The van der Waals surface area contributed by atoms with Crippen molar-refractivity contribution in [1.82, 2.24) is 4.90 Å². The van der Waals surface area contributed by atoms with E-state index in [-0.39, 0.29) is 11.6 Å². The Morgan fingerprint density at radius 1 is 1.47 bits per heavy atom. The van der Waals surface area contributed by atoms with Gasteiger partial charge in [-0.15, -0.1) is 0 Å². The van der Waals surface area contributed by atoms with Gasteiger partial charge in [-0.1, -0.05) is 15.9 Å². The Hall–Kier alpha value is -1.07. The van der Waals surface area contributed by atoms with Crippen molar-refractivity contribution in [3.05, 3.63) is 28.2 Å². The Labute approximate surface area is 121 Å². The Morgan fingerprint density at radius 3 is 3.00 bits per heavy atom. The third-order valence-corrected chi connectivity index (χ3v) is 4.65. The molecule has 0 saturated carbocycles. The largest absolute Gasteiger partial charge is 0.361 e. The highest BCUT2D eigenvalue weighted by Crippen LogP contribution is 2.45. The fourth-order valence-electron chi connectivity index (χ4n) is 2.98. The zero-order valence-corrected chi connectivity index (χ0v) is 12.7. The van der Waals surface area contributed by atoms with E-state index in [0.717, 1.165) is 16.6 Å². The number of fused-ring (bicyclic) bond motifs is 3. The van der Waals surface area contributed by atoms with Crippen LogP contribution in [0.2, 0.25) is 0 Å². The van der Waals surface area contributed by atoms with E-state index in [2.05, 4.69) is 28.9 Å². The van der Waals surface area contributed by atoms with Gasteiger partial charge in [0.2, 0.25) is 0 Å². The first-order valence-electron chi connectivity index (χ1n) is 6.55. The van der Waals surface area contributed by atoms with Crippen LogP contribution in [0, 0.1) is 0 Å². The average molecular weight is 325 g/mol. The van der Waals surface area contributed by atoms with Crippen LogP contribution in [-0.4, -0.2) is 30.8 Å². The van der Waals surface area contributed by atoms with Crippen molar-refractivity contribution in [2.24, 2.45) is 0 Å². The zero-order valence-electron chi connectivity index (χ0n) is 11.1. The third kappa shape index (κ3) is 1.79. The van der Waals surface area contributed by atoms with E-state index >= 15 is 0 Å². The predicted octanol–water partition coefficient (Wildman–Crippen LogP) is 3.30. The molecule has 0 bridgehead atoms. The molecular weight excluding hydrogens is 308 g/mol. The molecule has 2 aliphatic rings. The lowest BCUT2D eigenvalue weighted by atomic mass is 9.83. The second-order valence-electron chi connectivity index (χ2n) is 5.18. The van der Waals surface area contributed by atoms with Crippen molar-refractivity contribution >= 4 is 27.6 Å². The summed E-state index contributed by atoms with van der Waals surface area (Å²) in [5.74, 6) is 0. The smallest absolute Gasteiger partial charge is 0.327 e. The number of hydrogen-bond donors (Lipinski definition) is 0. The molecule has 0 N–H and O–H groups in total. The van der Waals surface area contributed by atoms with Crippen molar-refractivity contribution in [3.8, 4) is 0 Å². The van der Waals surface area contributed by atoms with Gasteiger partial charge in [-0.25, -0.2) is 4.79 Å². The van der Waals surface area contributed by atoms with Crippen LogP contribution in [0.25, 0.3) is 0 Å². The maximum atomic E-state index is 12.6. The van der Waals surface area contributed by atoms with E-state index in [0.29, 0.717) is 19.9 Å². The van der Waals surface area contributed by atoms with E-state index in [4.69, 9.17) is 4.74 Å². The van der Waals surface area contributed by atoms with E-state index in [1.54, 1.807) is 0 Å². The lowest BCUT2D eigenvalue weighted by Crippen LogP contribution is -2.60. The Kier molecular flexibility index (Phi) is 3.06. The minimum absolute atomic E-state index is 0.0412. The van der Waals surface area contributed by atoms with Gasteiger partial charge in [0.25, 0.3) is 0 Å². The molecule has 2 aliphatic heterocycles. The molecule has 1 saturated heterocycles. The summed E-state index contributed by atoms with van der Waals surface area (Å²) >= 11 is 3.53. The molecule has 0 aromatic heterocycles. The van der Waals surface area contributed by atoms with Gasteiger partial charge in [0.05, 0.1) is 17.8 Å². The number of nitrogens with zero attached hydrogens (tertiary/aromatic N) is 2. The molecule has 2 amide bonds. The van der Waals surface area contributed by atoms with Crippen LogP contribution in [0.5, 0.6) is 0 Å². The second kappa shape index (κ2) is 4.49. The molecule has 102 valence electrons. The lowest BCUT2D eigenvalue weighted by Gasteiger charge is -2.51. The molecule has 4 nitrogen and oxygen atoms in total. The molecule has 1 unspecified atom stereocenters. The molecule has 2 heterocycles. The van der Waals surface area contributed by atoms with E-state index in [1.807, 2.05) is 28.9 Å². The molecule has 1 aromatic rings.